The summed E-state index contributed by atoms with van der Waals surface area (Å²) in [7, 11) is 0. The summed E-state index contributed by atoms with van der Waals surface area (Å²) < 4.78 is 30.1. The monoisotopic (exact) mass is 161 g/mol. The molecule has 0 aliphatic heterocycles. The van der Waals surface area contributed by atoms with E-state index in [1.807, 2.05) is 0 Å². The number of furan rings is 1. The van der Waals surface area contributed by atoms with E-state index >= 15 is 0 Å². The van der Waals surface area contributed by atoms with E-state index in [2.05, 4.69) is 4.42 Å². The Morgan fingerprint density at radius 2 is 2.27 bits per heavy atom. The molecule has 0 saturated heterocycles. The van der Waals surface area contributed by atoms with E-state index in [9.17, 15) is 8.78 Å². The zero-order chi connectivity index (χ0) is 8.48. The Labute approximate surface area is 63.0 Å². The average Bonchev–Trinajstić information content (AvgIpc) is 2.36. The fourth-order valence-corrected chi connectivity index (χ4v) is 0.840. The Morgan fingerprint density at radius 1 is 1.64 bits per heavy atom. The second-order valence-electron chi connectivity index (χ2n) is 2.34. The van der Waals surface area contributed by atoms with Crippen LogP contribution >= 0.6 is 0 Å². The van der Waals surface area contributed by atoms with Crippen molar-refractivity contribution in [2.24, 2.45) is 5.73 Å². The summed E-state index contributed by atoms with van der Waals surface area (Å²) >= 11 is 0. The van der Waals surface area contributed by atoms with Crippen LogP contribution in [0.25, 0.3) is 0 Å². The molecule has 0 radical (unpaired) electrons. The highest BCUT2D eigenvalue weighted by Gasteiger charge is 2.34. The van der Waals surface area contributed by atoms with Crippen molar-refractivity contribution in [3.63, 3.8) is 0 Å². The Hall–Kier alpha value is -0.900. The number of alkyl halides is 2. The van der Waals surface area contributed by atoms with E-state index in [0.717, 1.165) is 0 Å². The van der Waals surface area contributed by atoms with E-state index in [4.69, 9.17) is 5.73 Å². The summed E-state index contributed by atoms with van der Waals surface area (Å²) in [5.41, 5.74) is 5.29. The Balaban J connectivity index is 3.00. The molecule has 0 bridgehead atoms. The van der Waals surface area contributed by atoms with Gasteiger partial charge in [0, 0.05) is 0 Å². The first-order valence-corrected chi connectivity index (χ1v) is 3.20. The molecular weight excluding hydrogens is 152 g/mol. The summed E-state index contributed by atoms with van der Waals surface area (Å²) in [5, 5.41) is 0. The van der Waals surface area contributed by atoms with Gasteiger partial charge in [0.05, 0.1) is 12.8 Å². The zero-order valence-electron chi connectivity index (χ0n) is 6.10. The lowest BCUT2D eigenvalue weighted by Gasteiger charge is -2.10. The van der Waals surface area contributed by atoms with Crippen molar-refractivity contribution in [1.29, 1.82) is 0 Å². The molecule has 62 valence electrons. The van der Waals surface area contributed by atoms with Crippen LogP contribution in [0.2, 0.25) is 0 Å². The molecule has 1 aromatic heterocycles. The van der Waals surface area contributed by atoms with Crippen LogP contribution in [0.1, 0.15) is 11.3 Å². The van der Waals surface area contributed by atoms with Crippen LogP contribution in [0.15, 0.2) is 16.7 Å². The van der Waals surface area contributed by atoms with Crippen LogP contribution in [0.4, 0.5) is 8.78 Å². The molecule has 0 aliphatic rings. The minimum Gasteiger partial charge on any atom is -0.463 e. The van der Waals surface area contributed by atoms with E-state index in [1.54, 1.807) is 6.92 Å². The predicted molar refractivity (Wildman–Crippen MR) is 36.4 cm³/mol. The maximum atomic E-state index is 12.8. The fraction of sp³-hybridized carbons (Fsp3) is 0.429. The van der Waals surface area contributed by atoms with Gasteiger partial charge in [-0.05, 0) is 18.6 Å². The van der Waals surface area contributed by atoms with Gasteiger partial charge in [0.2, 0.25) is 0 Å². The third-order valence-electron chi connectivity index (χ3n) is 1.45. The second-order valence-corrected chi connectivity index (χ2v) is 2.34. The van der Waals surface area contributed by atoms with Crippen LogP contribution < -0.4 is 5.73 Å². The van der Waals surface area contributed by atoms with Crippen molar-refractivity contribution in [2.75, 3.05) is 6.54 Å². The molecule has 0 spiro atoms. The number of rotatable bonds is 2. The lowest BCUT2D eigenvalue weighted by atomic mass is 10.2. The predicted octanol–water partition coefficient (Wildman–Crippen LogP) is 1.64. The molecule has 0 saturated carbocycles. The lowest BCUT2D eigenvalue weighted by molar-refractivity contribution is -0.0166. The molecule has 1 aromatic rings. The van der Waals surface area contributed by atoms with Crippen molar-refractivity contribution < 1.29 is 13.2 Å². The minimum atomic E-state index is -3.03. The lowest BCUT2D eigenvalue weighted by Crippen LogP contribution is -2.25. The fourth-order valence-electron chi connectivity index (χ4n) is 0.840. The Kier molecular flexibility index (Phi) is 1.95. The van der Waals surface area contributed by atoms with Crippen molar-refractivity contribution in [3.8, 4) is 0 Å². The number of hydrogen-bond donors (Lipinski definition) is 1. The first-order chi connectivity index (χ1) is 5.08. The summed E-state index contributed by atoms with van der Waals surface area (Å²) in [6.07, 6.45) is 1.23. The van der Waals surface area contributed by atoms with Crippen molar-refractivity contribution in [3.05, 3.63) is 23.7 Å². The van der Waals surface area contributed by atoms with Gasteiger partial charge in [0.25, 0.3) is 0 Å². The zero-order valence-corrected chi connectivity index (χ0v) is 6.10. The van der Waals surface area contributed by atoms with E-state index in [0.29, 0.717) is 5.56 Å². The molecule has 0 unspecified atom stereocenters. The number of hydrogen-bond acceptors (Lipinski definition) is 2. The molecular formula is C7H9F2NO. The summed E-state index contributed by atoms with van der Waals surface area (Å²) in [6.45, 7) is 0.837. The van der Waals surface area contributed by atoms with Crippen LogP contribution in [-0.4, -0.2) is 6.54 Å². The van der Waals surface area contributed by atoms with Gasteiger partial charge in [0.15, 0.2) is 5.76 Å². The van der Waals surface area contributed by atoms with Crippen LogP contribution in [-0.2, 0) is 5.92 Å². The first-order valence-electron chi connectivity index (χ1n) is 3.20. The molecule has 11 heavy (non-hydrogen) atoms. The molecule has 4 heteroatoms. The van der Waals surface area contributed by atoms with Gasteiger partial charge in [-0.2, -0.15) is 8.78 Å². The molecule has 2 N–H and O–H groups in total. The normalized spacial score (nSPS) is 12.0. The van der Waals surface area contributed by atoms with Gasteiger partial charge in [-0.3, -0.25) is 0 Å². The number of nitrogens with two attached hydrogens (primary N) is 1. The smallest absolute Gasteiger partial charge is 0.316 e. The Bertz CT molecular complexity index is 244. The maximum absolute atomic E-state index is 12.8. The van der Waals surface area contributed by atoms with Crippen LogP contribution in [0.3, 0.4) is 0 Å². The minimum absolute atomic E-state index is 0.333. The van der Waals surface area contributed by atoms with Gasteiger partial charge in [0.1, 0.15) is 0 Å². The molecule has 1 heterocycles. The standard InChI is InChI=1S/C7H9F2NO/c1-5-2-3-11-6(5)7(8,9)4-10/h2-3H,4,10H2,1H3. The van der Waals surface area contributed by atoms with E-state index in [-0.39, 0.29) is 5.76 Å². The largest absolute Gasteiger partial charge is 0.463 e. The summed E-state index contributed by atoms with van der Waals surface area (Å²) in [5.74, 6) is -3.37. The van der Waals surface area contributed by atoms with E-state index < -0.39 is 12.5 Å². The number of halogens is 2. The van der Waals surface area contributed by atoms with E-state index in [1.165, 1.54) is 12.3 Å². The molecule has 0 aliphatic carbocycles. The topological polar surface area (TPSA) is 39.2 Å². The molecule has 2 nitrogen and oxygen atoms in total. The third-order valence-corrected chi connectivity index (χ3v) is 1.45. The summed E-state index contributed by atoms with van der Waals surface area (Å²) in [4.78, 5) is 0. The quantitative estimate of drug-likeness (QED) is 0.716. The number of aryl methyl sites for hydroxylation is 1. The molecule has 0 fully saturated rings. The molecule has 0 atom stereocenters. The Morgan fingerprint density at radius 3 is 2.64 bits per heavy atom. The van der Waals surface area contributed by atoms with Crippen molar-refractivity contribution >= 4 is 0 Å². The van der Waals surface area contributed by atoms with Gasteiger partial charge < -0.3 is 10.2 Å². The highest BCUT2D eigenvalue weighted by molar-refractivity contribution is 5.19. The SMILES string of the molecule is Cc1ccoc1C(F)(F)CN. The van der Waals surface area contributed by atoms with Crippen LogP contribution in [0.5, 0.6) is 0 Å². The van der Waals surface area contributed by atoms with Gasteiger partial charge >= 0.3 is 5.92 Å². The molecule has 0 amide bonds. The van der Waals surface area contributed by atoms with Crippen LogP contribution in [0, 0.1) is 6.92 Å². The third kappa shape index (κ3) is 1.40. The van der Waals surface area contributed by atoms with Gasteiger partial charge in [-0.15, -0.1) is 0 Å². The highest BCUT2D eigenvalue weighted by atomic mass is 19.3. The summed E-state index contributed by atoms with van der Waals surface area (Å²) in [6, 6.07) is 1.49. The highest BCUT2D eigenvalue weighted by Crippen LogP contribution is 2.29. The van der Waals surface area contributed by atoms with Crippen molar-refractivity contribution in [2.45, 2.75) is 12.8 Å². The maximum Gasteiger partial charge on any atom is 0.316 e. The first kappa shape index (κ1) is 8.20. The second kappa shape index (κ2) is 2.62. The van der Waals surface area contributed by atoms with Gasteiger partial charge in [-0.1, -0.05) is 0 Å². The average molecular weight is 161 g/mol. The van der Waals surface area contributed by atoms with Gasteiger partial charge in [-0.25, -0.2) is 0 Å². The molecule has 1 rings (SSSR count). The molecule has 0 aromatic carbocycles. The van der Waals surface area contributed by atoms with Crippen molar-refractivity contribution in [1.82, 2.24) is 0 Å².